The number of nitrogens with two attached hydrogens (primary N) is 1. The molecule has 1 saturated carbocycles. The van der Waals surface area contributed by atoms with Crippen LogP contribution in [0.3, 0.4) is 0 Å². The van der Waals surface area contributed by atoms with Gasteiger partial charge in [0.1, 0.15) is 0 Å². The first-order valence-corrected chi connectivity index (χ1v) is 8.39. The van der Waals surface area contributed by atoms with E-state index in [1.807, 2.05) is 20.8 Å². The second-order valence-electron chi connectivity index (χ2n) is 7.82. The van der Waals surface area contributed by atoms with E-state index in [1.54, 1.807) is 0 Å². The van der Waals surface area contributed by atoms with Gasteiger partial charge in [0.05, 0.1) is 11.8 Å². The Balaban J connectivity index is 1.51. The summed E-state index contributed by atoms with van der Waals surface area (Å²) in [6, 6.07) is 0. The van der Waals surface area contributed by atoms with Gasteiger partial charge in [-0.05, 0) is 45.4 Å². The number of aliphatic imine (C=N–C) groups is 1. The van der Waals surface area contributed by atoms with Gasteiger partial charge in [-0.1, -0.05) is 12.2 Å². The van der Waals surface area contributed by atoms with Crippen LogP contribution in [0.2, 0.25) is 0 Å². The van der Waals surface area contributed by atoms with Gasteiger partial charge in [0.2, 0.25) is 11.8 Å². The van der Waals surface area contributed by atoms with Gasteiger partial charge >= 0.3 is 0 Å². The highest BCUT2D eigenvalue weighted by atomic mass is 16.2. The van der Waals surface area contributed by atoms with E-state index in [2.05, 4.69) is 22.5 Å². The lowest BCUT2D eigenvalue weighted by molar-refractivity contribution is -0.140. The number of fused-ring (bicyclic) bond motifs is 5. The first-order chi connectivity index (χ1) is 10.8. The number of hydrogen-bond acceptors (Lipinski definition) is 3. The van der Waals surface area contributed by atoms with E-state index in [0.717, 1.165) is 6.42 Å². The lowest BCUT2D eigenvalue weighted by atomic mass is 9.85. The predicted molar refractivity (Wildman–Crippen MR) is 88.4 cm³/mol. The zero-order valence-electron chi connectivity index (χ0n) is 14.1. The maximum Gasteiger partial charge on any atom is 0.233 e. The van der Waals surface area contributed by atoms with Crippen molar-refractivity contribution in [1.29, 1.82) is 0 Å². The third-order valence-electron chi connectivity index (χ3n) is 4.89. The Morgan fingerprint density at radius 3 is 2.35 bits per heavy atom. The molecule has 3 rings (SSSR count). The molecule has 2 amide bonds. The van der Waals surface area contributed by atoms with Crippen LogP contribution < -0.4 is 11.1 Å². The molecule has 1 aliphatic heterocycles. The average molecular weight is 318 g/mol. The number of allylic oxidation sites excluding steroid dienone is 2. The Morgan fingerprint density at radius 1 is 1.26 bits per heavy atom. The summed E-state index contributed by atoms with van der Waals surface area (Å²) in [5.74, 6) is 0.772. The summed E-state index contributed by atoms with van der Waals surface area (Å²) in [6.07, 6.45) is 5.85. The van der Waals surface area contributed by atoms with Crippen molar-refractivity contribution < 1.29 is 9.59 Å². The Morgan fingerprint density at radius 2 is 1.83 bits per heavy atom. The molecule has 3 aliphatic rings. The van der Waals surface area contributed by atoms with E-state index in [-0.39, 0.29) is 41.0 Å². The van der Waals surface area contributed by atoms with Crippen molar-refractivity contribution in [2.24, 2.45) is 34.4 Å². The maximum absolute atomic E-state index is 12.5. The number of carbonyl (C=O) groups excluding carboxylic acids is 2. The fourth-order valence-corrected chi connectivity index (χ4v) is 4.04. The molecule has 0 radical (unpaired) electrons. The summed E-state index contributed by atoms with van der Waals surface area (Å²) in [6.45, 7) is 6.98. The number of hydrogen-bond donors (Lipinski definition) is 2. The molecule has 3 N–H and O–H groups in total. The van der Waals surface area contributed by atoms with Crippen molar-refractivity contribution in [3.05, 3.63) is 12.2 Å². The van der Waals surface area contributed by atoms with Crippen molar-refractivity contribution in [3.8, 4) is 0 Å². The van der Waals surface area contributed by atoms with Gasteiger partial charge in [-0.25, -0.2) is 0 Å². The van der Waals surface area contributed by atoms with Gasteiger partial charge < -0.3 is 11.1 Å². The number of amides is 2. The number of imide groups is 1. The minimum atomic E-state index is -0.127. The number of carbonyl (C=O) groups is 2. The third-order valence-corrected chi connectivity index (χ3v) is 4.89. The summed E-state index contributed by atoms with van der Waals surface area (Å²) < 4.78 is 0. The van der Waals surface area contributed by atoms with E-state index < -0.39 is 0 Å². The smallest absolute Gasteiger partial charge is 0.233 e. The molecule has 4 unspecified atom stereocenters. The summed E-state index contributed by atoms with van der Waals surface area (Å²) >= 11 is 0. The molecule has 23 heavy (non-hydrogen) atoms. The zero-order valence-corrected chi connectivity index (χ0v) is 14.1. The van der Waals surface area contributed by atoms with Gasteiger partial charge in [0.25, 0.3) is 0 Å². The van der Waals surface area contributed by atoms with Crippen LogP contribution >= 0.6 is 0 Å². The number of rotatable bonds is 4. The molecule has 6 heteroatoms. The second-order valence-corrected chi connectivity index (χ2v) is 7.82. The molecule has 0 aromatic rings. The monoisotopic (exact) mass is 318 g/mol. The normalized spacial score (nSPS) is 32.8. The lowest BCUT2D eigenvalue weighted by Gasteiger charge is -2.21. The van der Waals surface area contributed by atoms with Crippen LogP contribution in [0, 0.1) is 23.7 Å². The fourth-order valence-electron chi connectivity index (χ4n) is 4.04. The van der Waals surface area contributed by atoms with Crippen LogP contribution in [-0.2, 0) is 9.59 Å². The Bertz CT molecular complexity index is 546. The Hall–Kier alpha value is -1.85. The summed E-state index contributed by atoms with van der Waals surface area (Å²) in [5, 5.41) is 3.09. The molecule has 6 nitrogen and oxygen atoms in total. The van der Waals surface area contributed by atoms with Gasteiger partial charge in [0, 0.05) is 18.6 Å². The van der Waals surface area contributed by atoms with Crippen molar-refractivity contribution >= 4 is 17.8 Å². The first-order valence-electron chi connectivity index (χ1n) is 8.39. The van der Waals surface area contributed by atoms with Crippen LogP contribution in [0.4, 0.5) is 0 Å². The van der Waals surface area contributed by atoms with Crippen molar-refractivity contribution in [2.45, 2.75) is 39.2 Å². The third kappa shape index (κ3) is 2.99. The van der Waals surface area contributed by atoms with E-state index in [1.165, 1.54) is 4.90 Å². The lowest BCUT2D eigenvalue weighted by Crippen LogP contribution is -2.45. The number of nitrogens with one attached hydrogen (secondary N) is 1. The van der Waals surface area contributed by atoms with Crippen LogP contribution in [0.25, 0.3) is 0 Å². The maximum atomic E-state index is 12.5. The predicted octanol–water partition coefficient (Wildman–Crippen LogP) is 0.886. The number of guanidine groups is 1. The molecule has 0 aromatic heterocycles. The molecular weight excluding hydrogens is 292 g/mol. The molecule has 126 valence electrons. The van der Waals surface area contributed by atoms with Gasteiger partial charge in [-0.15, -0.1) is 0 Å². The average Bonchev–Trinajstić information content (AvgIpc) is 3.09. The highest BCUT2D eigenvalue weighted by Crippen LogP contribution is 2.52. The van der Waals surface area contributed by atoms with E-state index in [0.29, 0.717) is 25.5 Å². The van der Waals surface area contributed by atoms with Gasteiger partial charge in [0.15, 0.2) is 5.96 Å². The quantitative estimate of drug-likeness (QED) is 0.265. The van der Waals surface area contributed by atoms with Crippen LogP contribution in [0.15, 0.2) is 17.1 Å². The molecule has 1 saturated heterocycles. The van der Waals surface area contributed by atoms with Crippen molar-refractivity contribution in [3.63, 3.8) is 0 Å². The largest absolute Gasteiger partial charge is 0.370 e. The summed E-state index contributed by atoms with van der Waals surface area (Å²) in [7, 11) is 0. The molecule has 0 spiro atoms. The van der Waals surface area contributed by atoms with E-state index >= 15 is 0 Å². The van der Waals surface area contributed by atoms with Gasteiger partial charge in [-0.2, -0.15) is 0 Å². The molecule has 4 atom stereocenters. The van der Waals surface area contributed by atoms with E-state index in [9.17, 15) is 9.59 Å². The number of likely N-dealkylation sites (tertiary alicyclic amines) is 1. The topological polar surface area (TPSA) is 87.8 Å². The Kier molecular flexibility index (Phi) is 3.94. The first kappa shape index (κ1) is 16.0. The van der Waals surface area contributed by atoms with Crippen molar-refractivity contribution in [1.82, 2.24) is 10.2 Å². The molecule has 2 bridgehead atoms. The standard InChI is InChI=1S/C17H26N4O2/c1-17(2,3)20-16(18)19-7-4-8-21-14(22)12-10-5-6-11(9-10)13(12)15(21)23/h5-6,10-13H,4,7-9H2,1-3H3,(H3,18,19,20). The highest BCUT2D eigenvalue weighted by molar-refractivity contribution is 6.06. The Labute approximate surface area is 137 Å². The zero-order chi connectivity index (χ0) is 16.8. The van der Waals surface area contributed by atoms with E-state index in [4.69, 9.17) is 5.73 Å². The second kappa shape index (κ2) is 5.65. The van der Waals surface area contributed by atoms with Crippen LogP contribution in [-0.4, -0.2) is 41.3 Å². The molecular formula is C17H26N4O2. The SMILES string of the molecule is CC(C)(C)NC(N)=NCCCN1C(=O)C2C3C=CC(C3)C2C1=O. The summed E-state index contributed by atoms with van der Waals surface area (Å²) in [5.41, 5.74) is 5.68. The minimum absolute atomic E-state index is 0.0154. The molecule has 0 aromatic carbocycles. The van der Waals surface area contributed by atoms with Crippen LogP contribution in [0.1, 0.15) is 33.6 Å². The molecule has 2 aliphatic carbocycles. The molecule has 2 fully saturated rings. The molecule has 1 heterocycles. The van der Waals surface area contributed by atoms with Gasteiger partial charge in [-0.3, -0.25) is 19.5 Å². The van der Waals surface area contributed by atoms with Crippen molar-refractivity contribution in [2.75, 3.05) is 13.1 Å². The number of nitrogens with zero attached hydrogens (tertiary/aromatic N) is 2. The summed E-state index contributed by atoms with van der Waals surface area (Å²) in [4.78, 5) is 30.7. The van der Waals surface area contributed by atoms with Crippen LogP contribution in [0.5, 0.6) is 0 Å². The minimum Gasteiger partial charge on any atom is -0.370 e. The fraction of sp³-hybridized carbons (Fsp3) is 0.706. The highest BCUT2D eigenvalue weighted by Gasteiger charge is 2.58.